The molecule has 0 saturated carbocycles. The molecule has 8 heteroatoms. The van der Waals surface area contributed by atoms with Gasteiger partial charge in [0.15, 0.2) is 0 Å². The fraction of sp³-hybridized carbons (Fsp3) is 0.278. The van der Waals surface area contributed by atoms with Crippen LogP contribution in [0.5, 0.6) is 11.6 Å². The fourth-order valence-electron chi connectivity index (χ4n) is 1.94. The zero-order valence-corrected chi connectivity index (χ0v) is 15.3. The second-order valence-electron chi connectivity index (χ2n) is 5.98. The molecule has 0 radical (unpaired) electrons. The number of carbonyl (C=O) groups is 2. The van der Waals surface area contributed by atoms with E-state index in [1.165, 1.54) is 6.20 Å². The molecule has 0 aliphatic rings. The second kappa shape index (κ2) is 9.17. The van der Waals surface area contributed by atoms with Crippen LogP contribution in [0.4, 0.5) is 5.69 Å². The Kier molecular flexibility index (Phi) is 6.94. The highest BCUT2D eigenvalue weighted by Gasteiger charge is 2.17. The lowest BCUT2D eigenvalue weighted by Crippen LogP contribution is -2.46. The molecule has 1 aromatic carbocycles. The van der Waals surface area contributed by atoms with Gasteiger partial charge in [0.05, 0.1) is 17.6 Å². The zero-order chi connectivity index (χ0) is 19.1. The molecule has 0 spiro atoms. The number of rotatable bonds is 7. The Morgan fingerprint density at radius 1 is 1.19 bits per heavy atom. The summed E-state index contributed by atoms with van der Waals surface area (Å²) >= 11 is 5.77. The fourth-order valence-corrected chi connectivity index (χ4v) is 2.05. The molecule has 4 N–H and O–H groups in total. The molecule has 0 aliphatic heterocycles. The maximum absolute atomic E-state index is 11.9. The molecular weight excluding hydrogens is 356 g/mol. The van der Waals surface area contributed by atoms with E-state index in [0.29, 0.717) is 22.3 Å². The Bertz CT molecular complexity index is 748. The molecular formula is C18H21ClN4O3. The van der Waals surface area contributed by atoms with Crippen molar-refractivity contribution in [3.05, 3.63) is 47.6 Å². The number of carbonyl (C=O) groups excluding carboxylic acids is 2. The Morgan fingerprint density at radius 3 is 2.46 bits per heavy atom. The number of halogens is 1. The molecule has 0 saturated heterocycles. The summed E-state index contributed by atoms with van der Waals surface area (Å²) in [7, 11) is 0. The van der Waals surface area contributed by atoms with Crippen LogP contribution < -0.4 is 21.1 Å². The molecule has 0 aliphatic carbocycles. The summed E-state index contributed by atoms with van der Waals surface area (Å²) < 4.78 is 5.57. The molecule has 0 unspecified atom stereocenters. The number of nitrogens with two attached hydrogens (primary N) is 1. The summed E-state index contributed by atoms with van der Waals surface area (Å²) in [6.45, 7) is 3.53. The predicted molar refractivity (Wildman–Crippen MR) is 100 cm³/mol. The highest BCUT2D eigenvalue weighted by molar-refractivity contribution is 6.30. The van der Waals surface area contributed by atoms with E-state index in [4.69, 9.17) is 22.1 Å². The van der Waals surface area contributed by atoms with Crippen LogP contribution >= 0.6 is 11.6 Å². The van der Waals surface area contributed by atoms with Gasteiger partial charge >= 0.3 is 0 Å². The van der Waals surface area contributed by atoms with Crippen LogP contribution in [-0.2, 0) is 9.59 Å². The number of pyridine rings is 1. The maximum atomic E-state index is 11.9. The van der Waals surface area contributed by atoms with Crippen molar-refractivity contribution in [1.82, 2.24) is 10.3 Å². The van der Waals surface area contributed by atoms with Gasteiger partial charge in [-0.1, -0.05) is 25.4 Å². The molecule has 138 valence electrons. The van der Waals surface area contributed by atoms with Crippen molar-refractivity contribution in [2.75, 3.05) is 11.9 Å². The van der Waals surface area contributed by atoms with Gasteiger partial charge in [0.2, 0.25) is 17.7 Å². The predicted octanol–water partition coefficient (Wildman–Crippen LogP) is 2.57. The molecule has 0 bridgehead atoms. The topological polar surface area (TPSA) is 106 Å². The van der Waals surface area contributed by atoms with Crippen molar-refractivity contribution in [3.63, 3.8) is 0 Å². The van der Waals surface area contributed by atoms with Crippen molar-refractivity contribution in [2.24, 2.45) is 11.7 Å². The third-order valence-electron chi connectivity index (χ3n) is 3.50. The molecule has 1 aromatic heterocycles. The number of benzene rings is 1. The third kappa shape index (κ3) is 6.02. The van der Waals surface area contributed by atoms with E-state index in [9.17, 15) is 9.59 Å². The highest BCUT2D eigenvalue weighted by Crippen LogP contribution is 2.22. The smallest absolute Gasteiger partial charge is 0.243 e. The van der Waals surface area contributed by atoms with Crippen LogP contribution in [0.15, 0.2) is 42.6 Å². The molecule has 2 rings (SSSR count). The van der Waals surface area contributed by atoms with Crippen molar-refractivity contribution in [1.29, 1.82) is 0 Å². The Labute approximate surface area is 156 Å². The first-order valence-corrected chi connectivity index (χ1v) is 8.45. The summed E-state index contributed by atoms with van der Waals surface area (Å²) in [6.07, 6.45) is 1.49. The van der Waals surface area contributed by atoms with Gasteiger partial charge in [0, 0.05) is 18.0 Å². The van der Waals surface area contributed by atoms with E-state index in [2.05, 4.69) is 15.6 Å². The van der Waals surface area contributed by atoms with Gasteiger partial charge in [-0.2, -0.15) is 0 Å². The minimum atomic E-state index is -0.638. The van der Waals surface area contributed by atoms with E-state index in [1.54, 1.807) is 36.4 Å². The highest BCUT2D eigenvalue weighted by atomic mass is 35.5. The van der Waals surface area contributed by atoms with Gasteiger partial charge in [-0.05, 0) is 36.2 Å². The zero-order valence-electron chi connectivity index (χ0n) is 14.5. The minimum absolute atomic E-state index is 0.000681. The maximum Gasteiger partial charge on any atom is 0.243 e. The van der Waals surface area contributed by atoms with Crippen LogP contribution in [0.3, 0.4) is 0 Å². The normalized spacial score (nSPS) is 11.7. The monoisotopic (exact) mass is 376 g/mol. The van der Waals surface area contributed by atoms with Crippen LogP contribution in [0.25, 0.3) is 0 Å². The first-order chi connectivity index (χ1) is 12.3. The number of ether oxygens (including phenoxy) is 1. The minimum Gasteiger partial charge on any atom is -0.439 e. The van der Waals surface area contributed by atoms with Crippen LogP contribution in [0, 0.1) is 5.92 Å². The largest absolute Gasteiger partial charge is 0.439 e. The van der Waals surface area contributed by atoms with E-state index in [0.717, 1.165) is 0 Å². The lowest BCUT2D eigenvalue weighted by atomic mass is 10.1. The average Bonchev–Trinajstić information content (AvgIpc) is 2.62. The van der Waals surface area contributed by atoms with Crippen LogP contribution in [0.1, 0.15) is 13.8 Å². The van der Waals surface area contributed by atoms with Gasteiger partial charge in [0.25, 0.3) is 0 Å². The van der Waals surface area contributed by atoms with E-state index in [-0.39, 0.29) is 24.3 Å². The Balaban J connectivity index is 1.83. The van der Waals surface area contributed by atoms with E-state index >= 15 is 0 Å². The lowest BCUT2D eigenvalue weighted by Gasteiger charge is -2.15. The Morgan fingerprint density at radius 2 is 1.88 bits per heavy atom. The summed E-state index contributed by atoms with van der Waals surface area (Å²) in [4.78, 5) is 27.7. The van der Waals surface area contributed by atoms with Crippen LogP contribution in [0.2, 0.25) is 5.02 Å². The molecule has 2 amide bonds. The van der Waals surface area contributed by atoms with Crippen LogP contribution in [-0.4, -0.2) is 29.4 Å². The third-order valence-corrected chi connectivity index (χ3v) is 3.73. The van der Waals surface area contributed by atoms with Gasteiger partial charge in [-0.3, -0.25) is 9.59 Å². The van der Waals surface area contributed by atoms with Gasteiger partial charge in [-0.25, -0.2) is 4.98 Å². The number of hydrogen-bond donors (Lipinski definition) is 3. The van der Waals surface area contributed by atoms with Gasteiger partial charge in [0.1, 0.15) is 5.75 Å². The molecule has 26 heavy (non-hydrogen) atoms. The number of anilines is 1. The first kappa shape index (κ1) is 19.7. The van der Waals surface area contributed by atoms with Gasteiger partial charge < -0.3 is 21.1 Å². The standard InChI is InChI=1S/C18H21ClN4O3/c1-11(2)17(20)18(25)22-10-15(24)23-13-4-6-14(7-5-13)26-16-8-3-12(19)9-21-16/h3-9,11,17H,10,20H2,1-2H3,(H,22,25)(H,23,24)/t17-/m0/s1. The number of aromatic nitrogens is 1. The number of nitrogens with zero attached hydrogens (tertiary/aromatic N) is 1. The van der Waals surface area contributed by atoms with Crippen molar-refractivity contribution >= 4 is 29.1 Å². The summed E-state index contributed by atoms with van der Waals surface area (Å²) in [5, 5.41) is 5.72. The molecule has 1 atom stereocenters. The molecule has 2 aromatic rings. The van der Waals surface area contributed by atoms with Crippen molar-refractivity contribution in [3.8, 4) is 11.6 Å². The number of hydrogen-bond acceptors (Lipinski definition) is 5. The summed E-state index contributed by atoms with van der Waals surface area (Å²) in [5.41, 5.74) is 6.29. The molecule has 1 heterocycles. The molecule has 0 fully saturated rings. The Hall–Kier alpha value is -2.64. The van der Waals surface area contributed by atoms with E-state index < -0.39 is 6.04 Å². The second-order valence-corrected chi connectivity index (χ2v) is 6.41. The summed E-state index contributed by atoms with van der Waals surface area (Å²) in [6, 6.07) is 9.45. The van der Waals surface area contributed by atoms with Crippen molar-refractivity contribution in [2.45, 2.75) is 19.9 Å². The van der Waals surface area contributed by atoms with Crippen molar-refractivity contribution < 1.29 is 14.3 Å². The molecule has 7 nitrogen and oxygen atoms in total. The number of nitrogens with one attached hydrogen (secondary N) is 2. The van der Waals surface area contributed by atoms with E-state index in [1.807, 2.05) is 13.8 Å². The van der Waals surface area contributed by atoms with Gasteiger partial charge in [-0.15, -0.1) is 0 Å². The average molecular weight is 377 g/mol. The number of amides is 2. The quantitative estimate of drug-likeness (QED) is 0.688. The summed E-state index contributed by atoms with van der Waals surface area (Å²) in [5.74, 6) is 0.280. The first-order valence-electron chi connectivity index (χ1n) is 8.08. The SMILES string of the molecule is CC(C)[C@H](N)C(=O)NCC(=O)Nc1ccc(Oc2ccc(Cl)cn2)cc1. The lowest BCUT2D eigenvalue weighted by molar-refractivity contribution is -0.125.